The summed E-state index contributed by atoms with van der Waals surface area (Å²) in [6, 6.07) is 25.6. The zero-order valence-corrected chi connectivity index (χ0v) is 18.2. The summed E-state index contributed by atoms with van der Waals surface area (Å²) in [5.74, 6) is 1.24. The Balaban J connectivity index is 1.20. The van der Waals surface area contributed by atoms with Gasteiger partial charge in [0.1, 0.15) is 18.1 Å². The average molecular weight is 437 g/mol. The maximum Gasteiger partial charge on any atom is 0.291 e. The molecule has 5 aromatic rings. The number of rotatable bonds is 7. The fraction of sp³-hybridized carbons (Fsp3) is 0.111. The number of nitrogens with one attached hydrogen (secondary N) is 1. The molecule has 0 aliphatic heterocycles. The Morgan fingerprint density at radius 3 is 2.79 bits per heavy atom. The topological polar surface area (TPSA) is 69.3 Å². The number of aromatic nitrogens is 2. The zero-order valence-electron chi connectivity index (χ0n) is 18.2. The second-order valence-electron chi connectivity index (χ2n) is 7.90. The van der Waals surface area contributed by atoms with E-state index in [0.717, 1.165) is 22.1 Å². The number of carbonyl (C=O) groups is 1. The smallest absolute Gasteiger partial charge is 0.291 e. The molecule has 2 heterocycles. The lowest BCUT2D eigenvalue weighted by Crippen LogP contribution is -2.10. The monoisotopic (exact) mass is 437 g/mol. The van der Waals surface area contributed by atoms with Crippen LogP contribution in [0.5, 0.6) is 5.75 Å². The predicted molar refractivity (Wildman–Crippen MR) is 127 cm³/mol. The molecule has 6 heteroatoms. The molecule has 0 spiro atoms. The van der Waals surface area contributed by atoms with Crippen molar-refractivity contribution >= 4 is 22.4 Å². The second kappa shape index (κ2) is 9.04. The van der Waals surface area contributed by atoms with Crippen LogP contribution in [0.15, 0.2) is 95.7 Å². The van der Waals surface area contributed by atoms with Crippen molar-refractivity contribution in [2.24, 2.45) is 0 Å². The number of benzene rings is 3. The molecule has 3 aromatic carbocycles. The minimum Gasteiger partial charge on any atom is -0.485 e. The molecular weight excluding hydrogens is 414 g/mol. The first-order valence-corrected chi connectivity index (χ1v) is 10.7. The molecular formula is C27H23N3O3. The summed E-state index contributed by atoms with van der Waals surface area (Å²) < 4.78 is 13.4. The maximum atomic E-state index is 12.6. The number of anilines is 1. The third kappa shape index (κ3) is 4.80. The van der Waals surface area contributed by atoms with Gasteiger partial charge in [-0.15, -0.1) is 0 Å². The molecule has 6 nitrogen and oxygen atoms in total. The van der Waals surface area contributed by atoms with Crippen molar-refractivity contribution in [3.63, 3.8) is 0 Å². The van der Waals surface area contributed by atoms with Crippen LogP contribution < -0.4 is 10.1 Å². The van der Waals surface area contributed by atoms with Crippen molar-refractivity contribution in [1.29, 1.82) is 0 Å². The highest BCUT2D eigenvalue weighted by Gasteiger charge is 2.13. The molecule has 2 aromatic heterocycles. The van der Waals surface area contributed by atoms with Crippen molar-refractivity contribution in [2.45, 2.75) is 20.1 Å². The fourth-order valence-corrected chi connectivity index (χ4v) is 3.75. The van der Waals surface area contributed by atoms with Gasteiger partial charge in [-0.3, -0.25) is 9.48 Å². The lowest BCUT2D eigenvalue weighted by Gasteiger charge is -2.07. The highest BCUT2D eigenvalue weighted by Crippen LogP contribution is 2.26. The number of carbonyl (C=O) groups excluding carboxylic acids is 1. The van der Waals surface area contributed by atoms with Crippen molar-refractivity contribution in [1.82, 2.24) is 9.78 Å². The van der Waals surface area contributed by atoms with Gasteiger partial charge in [0, 0.05) is 11.6 Å². The van der Waals surface area contributed by atoms with E-state index in [1.54, 1.807) is 29.2 Å². The lowest BCUT2D eigenvalue weighted by molar-refractivity contribution is 0.0992. The Hall–Kier alpha value is -4.32. The van der Waals surface area contributed by atoms with Crippen molar-refractivity contribution in [3.05, 3.63) is 114 Å². The molecule has 0 atom stereocenters. The highest BCUT2D eigenvalue weighted by molar-refractivity contribution is 6.02. The predicted octanol–water partition coefficient (Wildman–Crippen LogP) is 5.82. The minimum atomic E-state index is -0.332. The van der Waals surface area contributed by atoms with Crippen molar-refractivity contribution in [3.8, 4) is 5.75 Å². The van der Waals surface area contributed by atoms with E-state index in [-0.39, 0.29) is 18.3 Å². The van der Waals surface area contributed by atoms with Crippen LogP contribution in [-0.2, 0) is 13.2 Å². The molecule has 1 amide bonds. The van der Waals surface area contributed by atoms with Crippen LogP contribution in [0.1, 0.15) is 27.4 Å². The molecule has 33 heavy (non-hydrogen) atoms. The summed E-state index contributed by atoms with van der Waals surface area (Å²) in [5.41, 5.74) is 2.96. The van der Waals surface area contributed by atoms with Crippen LogP contribution in [0.4, 0.5) is 5.69 Å². The first-order valence-electron chi connectivity index (χ1n) is 10.7. The Kier molecular flexibility index (Phi) is 5.64. The summed E-state index contributed by atoms with van der Waals surface area (Å²) in [6.45, 7) is 2.92. The largest absolute Gasteiger partial charge is 0.485 e. The lowest BCUT2D eigenvalue weighted by atomic mass is 10.1. The number of amides is 1. The van der Waals surface area contributed by atoms with E-state index in [1.807, 2.05) is 48.5 Å². The van der Waals surface area contributed by atoms with E-state index in [1.165, 1.54) is 5.56 Å². The summed E-state index contributed by atoms with van der Waals surface area (Å²) >= 11 is 0. The molecule has 0 aliphatic carbocycles. The van der Waals surface area contributed by atoms with Gasteiger partial charge in [0.2, 0.25) is 0 Å². The summed E-state index contributed by atoms with van der Waals surface area (Å²) in [7, 11) is 0. The SMILES string of the molecule is Cc1cccc(Cn2cc(NC(=O)c3ccc(COc4cccc5ccccc45)o3)cn2)c1. The quantitative estimate of drug-likeness (QED) is 0.348. The average Bonchev–Trinajstić information content (AvgIpc) is 3.47. The molecule has 1 N–H and O–H groups in total. The molecule has 0 saturated carbocycles. The molecule has 0 fully saturated rings. The molecule has 0 radical (unpaired) electrons. The fourth-order valence-electron chi connectivity index (χ4n) is 3.75. The third-order valence-corrected chi connectivity index (χ3v) is 5.32. The summed E-state index contributed by atoms with van der Waals surface area (Å²) in [6.07, 6.45) is 3.43. The van der Waals surface area contributed by atoms with E-state index in [0.29, 0.717) is 18.0 Å². The maximum absolute atomic E-state index is 12.6. The van der Waals surface area contributed by atoms with Crippen LogP contribution in [0.25, 0.3) is 10.8 Å². The number of aryl methyl sites for hydroxylation is 1. The standard InChI is InChI=1S/C27H23N3O3/c1-19-6-4-7-20(14-19)16-30-17-22(15-28-30)29-27(31)26-13-12-23(33-26)18-32-25-11-5-9-21-8-2-3-10-24(21)25/h2-15,17H,16,18H2,1H3,(H,29,31). The molecule has 0 saturated heterocycles. The van der Waals surface area contributed by atoms with Gasteiger partial charge in [0.05, 0.1) is 18.4 Å². The van der Waals surface area contributed by atoms with E-state index < -0.39 is 0 Å². The van der Waals surface area contributed by atoms with Crippen molar-refractivity contribution in [2.75, 3.05) is 5.32 Å². The summed E-state index contributed by atoms with van der Waals surface area (Å²) in [4.78, 5) is 12.6. The normalized spacial score (nSPS) is 10.9. The van der Waals surface area contributed by atoms with E-state index in [9.17, 15) is 4.79 Å². The first-order chi connectivity index (χ1) is 16.1. The van der Waals surface area contributed by atoms with Crippen LogP contribution in [0, 0.1) is 6.92 Å². The molecule has 0 bridgehead atoms. The second-order valence-corrected chi connectivity index (χ2v) is 7.90. The number of ether oxygens (including phenoxy) is 1. The van der Waals surface area contributed by atoms with E-state index in [4.69, 9.17) is 9.15 Å². The Morgan fingerprint density at radius 2 is 1.88 bits per heavy atom. The van der Waals surface area contributed by atoms with Gasteiger partial charge in [-0.05, 0) is 36.1 Å². The first kappa shape index (κ1) is 20.6. The van der Waals surface area contributed by atoms with Gasteiger partial charge in [-0.1, -0.05) is 66.2 Å². The van der Waals surface area contributed by atoms with E-state index >= 15 is 0 Å². The highest BCUT2D eigenvalue weighted by atomic mass is 16.5. The van der Waals surface area contributed by atoms with Gasteiger partial charge in [0.15, 0.2) is 5.76 Å². The third-order valence-electron chi connectivity index (χ3n) is 5.32. The Morgan fingerprint density at radius 1 is 1.03 bits per heavy atom. The van der Waals surface area contributed by atoms with Crippen LogP contribution in [-0.4, -0.2) is 15.7 Å². The van der Waals surface area contributed by atoms with Gasteiger partial charge >= 0.3 is 0 Å². The molecule has 0 aliphatic rings. The zero-order chi connectivity index (χ0) is 22.6. The number of hydrogen-bond donors (Lipinski definition) is 1. The number of hydrogen-bond acceptors (Lipinski definition) is 4. The molecule has 164 valence electrons. The van der Waals surface area contributed by atoms with Crippen LogP contribution >= 0.6 is 0 Å². The van der Waals surface area contributed by atoms with Crippen LogP contribution in [0.3, 0.4) is 0 Å². The minimum absolute atomic E-state index is 0.220. The number of fused-ring (bicyclic) bond motifs is 1. The van der Waals surface area contributed by atoms with Crippen LogP contribution in [0.2, 0.25) is 0 Å². The van der Waals surface area contributed by atoms with Gasteiger partial charge < -0.3 is 14.5 Å². The van der Waals surface area contributed by atoms with Gasteiger partial charge in [0.25, 0.3) is 5.91 Å². The van der Waals surface area contributed by atoms with Crippen molar-refractivity contribution < 1.29 is 13.9 Å². The van der Waals surface area contributed by atoms with E-state index in [2.05, 4.69) is 35.5 Å². The molecule has 5 rings (SSSR count). The Labute approximate surface area is 191 Å². The summed E-state index contributed by atoms with van der Waals surface area (Å²) in [5, 5.41) is 9.31. The van der Waals surface area contributed by atoms with Gasteiger partial charge in [-0.2, -0.15) is 5.10 Å². The Bertz CT molecular complexity index is 1410. The number of nitrogens with zero attached hydrogens (tertiary/aromatic N) is 2. The number of furan rings is 1. The molecule has 0 unspecified atom stereocenters. The van der Waals surface area contributed by atoms with Gasteiger partial charge in [-0.25, -0.2) is 0 Å².